The first kappa shape index (κ1) is 11.0. The minimum absolute atomic E-state index is 0.355. The van der Waals surface area contributed by atoms with Crippen molar-refractivity contribution in [3.63, 3.8) is 0 Å². The van der Waals surface area contributed by atoms with Crippen LogP contribution in [0.5, 0.6) is 0 Å². The first-order chi connectivity index (χ1) is 7.20. The molecule has 0 atom stereocenters. The molecule has 0 bridgehead atoms. The van der Waals surface area contributed by atoms with E-state index < -0.39 is 0 Å². The van der Waals surface area contributed by atoms with Crippen LogP contribution in [-0.4, -0.2) is 5.91 Å². The summed E-state index contributed by atoms with van der Waals surface area (Å²) < 4.78 is 0. The number of nitrogens with one attached hydrogen (secondary N) is 1. The lowest BCUT2D eigenvalue weighted by molar-refractivity contribution is 0.0952. The van der Waals surface area contributed by atoms with Crippen molar-refractivity contribution in [2.45, 2.75) is 0 Å². The second-order valence-corrected chi connectivity index (χ2v) is 2.90. The van der Waals surface area contributed by atoms with Crippen LogP contribution in [0.2, 0.25) is 0 Å². The van der Waals surface area contributed by atoms with Crippen molar-refractivity contribution in [3.05, 3.63) is 46.5 Å². The van der Waals surface area contributed by atoms with Crippen molar-refractivity contribution in [2.75, 3.05) is 0 Å². The Morgan fingerprint density at radius 2 is 2.20 bits per heavy atom. The van der Waals surface area contributed by atoms with Crippen LogP contribution in [0.25, 0.3) is 12.7 Å². The molecule has 0 spiro atoms. The molecule has 0 heterocycles. The highest BCUT2D eigenvalue weighted by Gasteiger charge is 2.03. The third-order valence-corrected chi connectivity index (χ3v) is 1.97. The lowest BCUT2D eigenvalue weighted by Crippen LogP contribution is -2.37. The number of rotatable bonds is 2. The lowest BCUT2D eigenvalue weighted by Gasteiger charge is -1.99. The predicted octanol–water partition coefficient (Wildman–Crippen LogP) is -1.05. The molecule has 0 saturated carbocycles. The van der Waals surface area contributed by atoms with Gasteiger partial charge in [0.05, 0.1) is 0 Å². The molecular weight excluding hydrogens is 190 g/mol. The van der Waals surface area contributed by atoms with Crippen LogP contribution in [0.4, 0.5) is 0 Å². The molecule has 0 radical (unpaired) electrons. The SMILES string of the molecule is C=c1c(C(=O)NN)ccc/c1=C/C=C\N. The van der Waals surface area contributed by atoms with Gasteiger partial charge in [0.1, 0.15) is 0 Å². The van der Waals surface area contributed by atoms with E-state index in [4.69, 9.17) is 11.6 Å². The van der Waals surface area contributed by atoms with Gasteiger partial charge in [0, 0.05) is 5.56 Å². The van der Waals surface area contributed by atoms with Crippen LogP contribution in [0.1, 0.15) is 10.4 Å². The van der Waals surface area contributed by atoms with Crippen molar-refractivity contribution in [2.24, 2.45) is 11.6 Å². The lowest BCUT2D eigenvalue weighted by atomic mass is 10.1. The fourth-order valence-electron chi connectivity index (χ4n) is 1.21. The van der Waals surface area contributed by atoms with Crippen molar-refractivity contribution >= 4 is 18.6 Å². The highest BCUT2D eigenvalue weighted by molar-refractivity contribution is 5.93. The second kappa shape index (κ2) is 4.97. The molecule has 15 heavy (non-hydrogen) atoms. The van der Waals surface area contributed by atoms with Crippen LogP contribution in [0.3, 0.4) is 0 Å². The standard InChI is InChI=1S/C11H13N3O/c1-8-9(5-3-7-12)4-2-6-10(8)11(15)14-13/h2-7H,1,12-13H2,(H,14,15)/b7-3-,9-5-. The van der Waals surface area contributed by atoms with Gasteiger partial charge in [0.15, 0.2) is 0 Å². The summed E-state index contributed by atoms with van der Waals surface area (Å²) in [7, 11) is 0. The van der Waals surface area contributed by atoms with Gasteiger partial charge in [-0.3, -0.25) is 10.2 Å². The highest BCUT2D eigenvalue weighted by atomic mass is 16.2. The minimum atomic E-state index is -0.355. The summed E-state index contributed by atoms with van der Waals surface area (Å²) >= 11 is 0. The number of allylic oxidation sites excluding steroid dienone is 1. The zero-order valence-electron chi connectivity index (χ0n) is 8.23. The third kappa shape index (κ3) is 2.45. The van der Waals surface area contributed by atoms with Gasteiger partial charge in [-0.25, -0.2) is 5.84 Å². The molecule has 0 aliphatic rings. The van der Waals surface area contributed by atoms with E-state index in [9.17, 15) is 4.79 Å². The third-order valence-electron chi connectivity index (χ3n) is 1.97. The summed E-state index contributed by atoms with van der Waals surface area (Å²) in [6, 6.07) is 5.26. The smallest absolute Gasteiger partial charge is 0.265 e. The Balaban J connectivity index is 3.36. The summed E-state index contributed by atoms with van der Waals surface area (Å²) in [5, 5.41) is 1.45. The van der Waals surface area contributed by atoms with Crippen LogP contribution < -0.4 is 27.4 Å². The molecule has 1 amide bonds. The highest BCUT2D eigenvalue weighted by Crippen LogP contribution is 1.86. The Morgan fingerprint density at radius 3 is 2.80 bits per heavy atom. The molecule has 5 N–H and O–H groups in total. The molecule has 0 aromatic heterocycles. The summed E-state index contributed by atoms with van der Waals surface area (Å²) in [6.45, 7) is 3.82. The maximum absolute atomic E-state index is 11.3. The fourth-order valence-corrected chi connectivity index (χ4v) is 1.21. The van der Waals surface area contributed by atoms with Gasteiger partial charge in [0.25, 0.3) is 5.91 Å². The Hall–Kier alpha value is -2.07. The molecule has 0 saturated heterocycles. The Bertz CT molecular complexity index is 491. The Labute approximate surface area is 87.5 Å². The number of hydrogen-bond acceptors (Lipinski definition) is 3. The van der Waals surface area contributed by atoms with E-state index in [1.807, 2.05) is 6.07 Å². The van der Waals surface area contributed by atoms with E-state index in [1.165, 1.54) is 6.20 Å². The van der Waals surface area contributed by atoms with Crippen LogP contribution >= 0.6 is 0 Å². The van der Waals surface area contributed by atoms with Gasteiger partial charge in [-0.05, 0) is 28.8 Å². The molecule has 0 unspecified atom stereocenters. The van der Waals surface area contributed by atoms with Gasteiger partial charge in [-0.1, -0.05) is 24.8 Å². The summed E-state index contributed by atoms with van der Waals surface area (Å²) in [5.74, 6) is 4.70. The van der Waals surface area contributed by atoms with Gasteiger partial charge in [-0.2, -0.15) is 0 Å². The van der Waals surface area contributed by atoms with Gasteiger partial charge in [-0.15, -0.1) is 0 Å². The quantitative estimate of drug-likeness (QED) is 0.326. The van der Waals surface area contributed by atoms with Crippen molar-refractivity contribution in [1.82, 2.24) is 5.43 Å². The maximum Gasteiger partial charge on any atom is 0.265 e. The van der Waals surface area contributed by atoms with Crippen LogP contribution in [-0.2, 0) is 0 Å². The second-order valence-electron chi connectivity index (χ2n) is 2.90. The maximum atomic E-state index is 11.3. The Morgan fingerprint density at radius 1 is 1.47 bits per heavy atom. The normalized spacial score (nSPS) is 11.9. The van der Waals surface area contributed by atoms with Gasteiger partial charge < -0.3 is 5.73 Å². The van der Waals surface area contributed by atoms with Crippen molar-refractivity contribution in [1.29, 1.82) is 0 Å². The number of nitrogens with two attached hydrogens (primary N) is 2. The number of amides is 1. The summed E-state index contributed by atoms with van der Waals surface area (Å²) in [6.07, 6.45) is 4.86. The van der Waals surface area contributed by atoms with Crippen LogP contribution in [0.15, 0.2) is 30.5 Å². The minimum Gasteiger partial charge on any atom is -0.405 e. The number of hydrazine groups is 1. The number of benzene rings is 1. The van der Waals surface area contributed by atoms with E-state index >= 15 is 0 Å². The monoisotopic (exact) mass is 203 g/mol. The molecule has 0 aliphatic carbocycles. The Kier molecular flexibility index (Phi) is 3.65. The molecule has 4 heteroatoms. The summed E-state index contributed by atoms with van der Waals surface area (Å²) in [4.78, 5) is 11.3. The average molecular weight is 203 g/mol. The van der Waals surface area contributed by atoms with E-state index in [0.29, 0.717) is 10.8 Å². The van der Waals surface area contributed by atoms with E-state index in [2.05, 4.69) is 12.0 Å². The molecule has 1 aromatic carbocycles. The molecule has 0 fully saturated rings. The van der Waals surface area contributed by atoms with E-state index in [-0.39, 0.29) is 5.91 Å². The van der Waals surface area contributed by atoms with E-state index in [1.54, 1.807) is 24.3 Å². The molecule has 4 nitrogen and oxygen atoms in total. The van der Waals surface area contributed by atoms with Crippen molar-refractivity contribution < 1.29 is 4.79 Å². The molecule has 0 aliphatic heterocycles. The number of nitrogen functional groups attached to an aromatic ring is 1. The molecule has 1 rings (SSSR count). The van der Waals surface area contributed by atoms with Crippen molar-refractivity contribution in [3.8, 4) is 0 Å². The number of carbonyl (C=O) groups is 1. The number of hydrogen-bond donors (Lipinski definition) is 3. The predicted molar refractivity (Wildman–Crippen MR) is 60.7 cm³/mol. The molecule has 78 valence electrons. The number of carbonyl (C=O) groups excluding carboxylic acids is 1. The zero-order chi connectivity index (χ0) is 11.3. The van der Waals surface area contributed by atoms with Crippen LogP contribution in [0, 0.1) is 0 Å². The summed E-state index contributed by atoms with van der Waals surface area (Å²) in [5.41, 5.74) is 7.74. The fraction of sp³-hybridized carbons (Fsp3) is 0. The first-order valence-electron chi connectivity index (χ1n) is 4.38. The molecular formula is C11H13N3O. The zero-order valence-corrected chi connectivity index (χ0v) is 8.23. The average Bonchev–Trinajstić information content (AvgIpc) is 2.27. The topological polar surface area (TPSA) is 81.1 Å². The van der Waals surface area contributed by atoms with Gasteiger partial charge >= 0.3 is 0 Å². The molecule has 1 aromatic rings. The van der Waals surface area contributed by atoms with Gasteiger partial charge in [0.2, 0.25) is 0 Å². The first-order valence-corrected chi connectivity index (χ1v) is 4.38. The van der Waals surface area contributed by atoms with E-state index in [0.717, 1.165) is 5.22 Å². The largest absolute Gasteiger partial charge is 0.405 e.